The second kappa shape index (κ2) is 9.50. The number of methoxy groups -OCH3 is 1. The molecule has 0 bridgehead atoms. The maximum absolute atomic E-state index is 12.2. The molecular formula is C19H20ClNO4S. The molecule has 26 heavy (non-hydrogen) atoms. The van der Waals surface area contributed by atoms with Crippen LogP contribution < -0.4 is 4.74 Å². The largest absolute Gasteiger partial charge is 0.496 e. The molecule has 0 aliphatic rings. The fraction of sp³-hybridized carbons (Fsp3) is 0.263. The maximum Gasteiger partial charge on any atom is 0.342 e. The number of rotatable bonds is 7. The molecule has 0 N–H and O–H groups in total. The Hall–Kier alpha value is -2.18. The summed E-state index contributed by atoms with van der Waals surface area (Å²) in [4.78, 5) is 27.1. The van der Waals surface area contributed by atoms with Crippen molar-refractivity contribution in [1.29, 1.82) is 0 Å². The number of benzene rings is 2. The molecule has 0 atom stereocenters. The molecule has 0 saturated carbocycles. The number of likely N-dealkylation sites (N-methyl/N-ethyl adjacent to an activating group) is 1. The molecule has 5 nitrogen and oxygen atoms in total. The van der Waals surface area contributed by atoms with Gasteiger partial charge in [0.1, 0.15) is 11.3 Å². The first-order valence-corrected chi connectivity index (χ1v) is 9.42. The van der Waals surface area contributed by atoms with E-state index in [0.29, 0.717) is 17.3 Å². The molecule has 0 aliphatic heterocycles. The molecule has 2 aromatic rings. The molecule has 0 radical (unpaired) electrons. The van der Waals surface area contributed by atoms with Crippen molar-refractivity contribution in [2.75, 3.05) is 27.0 Å². The van der Waals surface area contributed by atoms with Crippen LogP contribution in [0.5, 0.6) is 5.75 Å². The average molecular weight is 394 g/mol. The molecule has 0 aromatic heterocycles. The lowest BCUT2D eigenvalue weighted by molar-refractivity contribution is -0.133. The third-order valence-electron chi connectivity index (χ3n) is 3.71. The van der Waals surface area contributed by atoms with Crippen molar-refractivity contribution >= 4 is 35.2 Å². The summed E-state index contributed by atoms with van der Waals surface area (Å²) < 4.78 is 10.2. The molecule has 0 saturated heterocycles. The Morgan fingerprint density at radius 3 is 2.46 bits per heavy atom. The predicted molar refractivity (Wildman–Crippen MR) is 103 cm³/mol. The van der Waals surface area contributed by atoms with Crippen molar-refractivity contribution in [3.8, 4) is 5.75 Å². The van der Waals surface area contributed by atoms with Gasteiger partial charge < -0.3 is 14.4 Å². The standard InChI is InChI=1S/C19H20ClNO4S/c1-21(11-13-4-7-15(26-3)8-5-13)18(22)12-25-19(23)16-10-14(20)6-9-17(16)24-2/h4-10H,11-12H2,1-3H3. The quantitative estimate of drug-likeness (QED) is 0.527. The van der Waals surface area contributed by atoms with Gasteiger partial charge in [0.15, 0.2) is 6.61 Å². The van der Waals surface area contributed by atoms with Crippen LogP contribution in [0.15, 0.2) is 47.4 Å². The number of carbonyl (C=O) groups excluding carboxylic acids is 2. The van der Waals surface area contributed by atoms with Crippen molar-refractivity contribution in [2.24, 2.45) is 0 Å². The Morgan fingerprint density at radius 1 is 1.15 bits per heavy atom. The summed E-state index contributed by atoms with van der Waals surface area (Å²) in [6, 6.07) is 12.6. The summed E-state index contributed by atoms with van der Waals surface area (Å²) in [7, 11) is 3.11. The number of thioether (sulfide) groups is 1. The molecule has 0 spiro atoms. The number of esters is 1. The molecule has 7 heteroatoms. The molecular weight excluding hydrogens is 374 g/mol. The highest BCUT2D eigenvalue weighted by Gasteiger charge is 2.17. The van der Waals surface area contributed by atoms with Gasteiger partial charge in [0.2, 0.25) is 0 Å². The number of ether oxygens (including phenoxy) is 2. The van der Waals surface area contributed by atoms with Gasteiger partial charge in [-0.25, -0.2) is 4.79 Å². The third kappa shape index (κ3) is 5.41. The van der Waals surface area contributed by atoms with Gasteiger partial charge in [-0.3, -0.25) is 4.79 Å². The SMILES string of the molecule is COc1ccc(Cl)cc1C(=O)OCC(=O)N(C)Cc1ccc(SC)cc1. The Bertz CT molecular complexity index is 780. The lowest BCUT2D eigenvalue weighted by atomic mass is 10.2. The molecule has 1 amide bonds. The number of halogens is 1. The summed E-state index contributed by atoms with van der Waals surface area (Å²) in [5, 5.41) is 0.384. The van der Waals surface area contributed by atoms with Crippen LogP contribution in [0.4, 0.5) is 0 Å². The van der Waals surface area contributed by atoms with Gasteiger partial charge in [-0.15, -0.1) is 11.8 Å². The predicted octanol–water partition coefficient (Wildman–Crippen LogP) is 3.89. The number of hydrogen-bond donors (Lipinski definition) is 0. The van der Waals surface area contributed by atoms with E-state index in [1.54, 1.807) is 30.9 Å². The molecule has 0 heterocycles. The van der Waals surface area contributed by atoms with Crippen molar-refractivity contribution in [3.63, 3.8) is 0 Å². The lowest BCUT2D eigenvalue weighted by Crippen LogP contribution is -2.30. The summed E-state index contributed by atoms with van der Waals surface area (Å²) >= 11 is 7.56. The first-order chi connectivity index (χ1) is 12.4. The third-order valence-corrected chi connectivity index (χ3v) is 4.69. The van der Waals surface area contributed by atoms with Crippen molar-refractivity contribution in [2.45, 2.75) is 11.4 Å². The minimum Gasteiger partial charge on any atom is -0.496 e. The lowest BCUT2D eigenvalue weighted by Gasteiger charge is -2.17. The Balaban J connectivity index is 1.92. The smallest absolute Gasteiger partial charge is 0.342 e. The topological polar surface area (TPSA) is 55.8 Å². The average Bonchev–Trinajstić information content (AvgIpc) is 2.66. The highest BCUT2D eigenvalue weighted by atomic mass is 35.5. The normalized spacial score (nSPS) is 10.3. The number of hydrogen-bond acceptors (Lipinski definition) is 5. The molecule has 0 fully saturated rings. The highest BCUT2D eigenvalue weighted by molar-refractivity contribution is 7.98. The zero-order valence-corrected chi connectivity index (χ0v) is 16.4. The van der Waals surface area contributed by atoms with E-state index in [9.17, 15) is 9.59 Å². The van der Waals surface area contributed by atoms with Gasteiger partial charge in [-0.1, -0.05) is 23.7 Å². The summed E-state index contributed by atoms with van der Waals surface area (Å²) in [6.45, 7) is 0.0828. The van der Waals surface area contributed by atoms with E-state index in [4.69, 9.17) is 21.1 Å². The zero-order chi connectivity index (χ0) is 19.1. The van der Waals surface area contributed by atoms with Gasteiger partial charge in [-0.2, -0.15) is 0 Å². The van der Waals surface area contributed by atoms with E-state index in [2.05, 4.69) is 0 Å². The van der Waals surface area contributed by atoms with Crippen molar-refractivity contribution in [3.05, 3.63) is 58.6 Å². The van der Waals surface area contributed by atoms with Crippen LogP contribution in [0.25, 0.3) is 0 Å². The minimum absolute atomic E-state index is 0.183. The fourth-order valence-corrected chi connectivity index (χ4v) is 2.83. The Labute approximate surface area is 162 Å². The molecule has 0 aliphatic carbocycles. The number of carbonyl (C=O) groups is 2. The second-order valence-corrected chi connectivity index (χ2v) is 6.83. The van der Waals surface area contributed by atoms with Crippen molar-refractivity contribution in [1.82, 2.24) is 4.90 Å². The first-order valence-electron chi connectivity index (χ1n) is 7.82. The Morgan fingerprint density at radius 2 is 1.85 bits per heavy atom. The molecule has 138 valence electrons. The number of nitrogens with zero attached hydrogens (tertiary/aromatic N) is 1. The van der Waals surface area contributed by atoms with Crippen LogP contribution >= 0.6 is 23.4 Å². The van der Waals surface area contributed by atoms with E-state index in [1.165, 1.54) is 18.1 Å². The van der Waals surface area contributed by atoms with E-state index in [-0.39, 0.29) is 18.1 Å². The van der Waals surface area contributed by atoms with Crippen LogP contribution in [-0.4, -0.2) is 43.8 Å². The molecule has 2 aromatic carbocycles. The van der Waals surface area contributed by atoms with Gasteiger partial charge in [0, 0.05) is 23.5 Å². The monoisotopic (exact) mass is 393 g/mol. The summed E-state index contributed by atoms with van der Waals surface area (Å²) in [5.41, 5.74) is 1.18. The van der Waals surface area contributed by atoms with Crippen LogP contribution in [0, 0.1) is 0 Å². The van der Waals surface area contributed by atoms with E-state index < -0.39 is 5.97 Å². The fourth-order valence-electron chi connectivity index (χ4n) is 2.25. The first kappa shape index (κ1) is 20.1. The summed E-state index contributed by atoms with van der Waals surface area (Å²) in [5.74, 6) is -0.613. The molecule has 2 rings (SSSR count). The maximum atomic E-state index is 12.2. The van der Waals surface area contributed by atoms with Crippen molar-refractivity contribution < 1.29 is 19.1 Å². The van der Waals surface area contributed by atoms with Crippen LogP contribution in [0.1, 0.15) is 15.9 Å². The van der Waals surface area contributed by atoms with Crippen LogP contribution in [-0.2, 0) is 16.1 Å². The zero-order valence-electron chi connectivity index (χ0n) is 14.8. The van der Waals surface area contributed by atoms with E-state index >= 15 is 0 Å². The van der Waals surface area contributed by atoms with Gasteiger partial charge in [0.05, 0.1) is 7.11 Å². The van der Waals surface area contributed by atoms with Crippen LogP contribution in [0.3, 0.4) is 0 Å². The highest BCUT2D eigenvalue weighted by Crippen LogP contribution is 2.23. The second-order valence-electron chi connectivity index (χ2n) is 5.52. The molecule has 0 unspecified atom stereocenters. The van der Waals surface area contributed by atoms with Gasteiger partial charge in [0.25, 0.3) is 5.91 Å². The minimum atomic E-state index is -0.657. The van der Waals surface area contributed by atoms with E-state index in [1.807, 2.05) is 30.5 Å². The van der Waals surface area contributed by atoms with Gasteiger partial charge in [-0.05, 0) is 42.2 Å². The van der Waals surface area contributed by atoms with E-state index in [0.717, 1.165) is 10.5 Å². The van der Waals surface area contributed by atoms with Crippen LogP contribution in [0.2, 0.25) is 5.02 Å². The number of amides is 1. The Kier molecular flexibility index (Phi) is 7.36. The summed E-state index contributed by atoms with van der Waals surface area (Å²) in [6.07, 6.45) is 2.01. The van der Waals surface area contributed by atoms with Gasteiger partial charge >= 0.3 is 5.97 Å².